The van der Waals surface area contributed by atoms with Crippen LogP contribution in [-0.2, 0) is 6.54 Å². The molecule has 0 radical (unpaired) electrons. The fraction of sp³-hybridized carbons (Fsp3) is 0.200. The van der Waals surface area contributed by atoms with Crippen molar-refractivity contribution < 1.29 is 0 Å². The first kappa shape index (κ1) is 14.2. The molecule has 0 amide bonds. The van der Waals surface area contributed by atoms with Crippen LogP contribution in [0.25, 0.3) is 22.2 Å². The number of hydrogen-bond acceptors (Lipinski definition) is 6. The molecule has 0 bridgehead atoms. The lowest BCUT2D eigenvalue weighted by Crippen LogP contribution is -2.23. The number of nitriles is 1. The first-order valence-electron chi connectivity index (χ1n) is 6.72. The van der Waals surface area contributed by atoms with Crippen molar-refractivity contribution in [2.75, 3.05) is 5.73 Å². The quantitative estimate of drug-likeness (QED) is 0.783. The van der Waals surface area contributed by atoms with E-state index in [0.29, 0.717) is 33.9 Å². The minimum Gasteiger partial charge on any atom is -0.368 e. The van der Waals surface area contributed by atoms with Crippen LogP contribution in [0, 0.1) is 18.3 Å². The summed E-state index contributed by atoms with van der Waals surface area (Å²) in [6, 6.07) is 5.67. The van der Waals surface area contributed by atoms with Crippen LogP contribution in [0.1, 0.15) is 17.5 Å². The fourth-order valence-electron chi connectivity index (χ4n) is 2.50. The summed E-state index contributed by atoms with van der Waals surface area (Å²) < 4.78 is 1.56. The Morgan fingerprint density at radius 2 is 2.18 bits per heavy atom. The number of thiophene rings is 1. The molecule has 0 saturated carbocycles. The molecule has 3 aromatic heterocycles. The number of rotatable bonds is 2. The van der Waals surface area contributed by atoms with Crippen LogP contribution in [0.3, 0.4) is 0 Å². The van der Waals surface area contributed by atoms with Crippen molar-refractivity contribution in [3.05, 3.63) is 38.4 Å². The van der Waals surface area contributed by atoms with E-state index in [-0.39, 0.29) is 11.5 Å². The maximum Gasteiger partial charge on any atom is 0.260 e. The lowest BCUT2D eigenvalue weighted by molar-refractivity contribution is 0.750. The third kappa shape index (κ3) is 2.05. The van der Waals surface area contributed by atoms with Gasteiger partial charge < -0.3 is 5.73 Å². The van der Waals surface area contributed by atoms with Crippen molar-refractivity contribution in [3.8, 4) is 17.2 Å². The SMILES string of the molecule is CCn1c(=O)c(-c2ccsc2C#N)cc2c(C)nc(N)nc21. The zero-order chi connectivity index (χ0) is 15.9. The van der Waals surface area contributed by atoms with E-state index in [1.54, 1.807) is 22.1 Å². The number of hydrogen-bond donors (Lipinski definition) is 1. The molecule has 0 fully saturated rings. The number of pyridine rings is 1. The molecule has 110 valence electrons. The van der Waals surface area contributed by atoms with E-state index in [0.717, 1.165) is 5.39 Å². The lowest BCUT2D eigenvalue weighted by Gasteiger charge is -2.11. The zero-order valence-corrected chi connectivity index (χ0v) is 12.9. The van der Waals surface area contributed by atoms with Gasteiger partial charge in [-0.3, -0.25) is 9.36 Å². The Morgan fingerprint density at radius 1 is 1.41 bits per heavy atom. The second-order valence-corrected chi connectivity index (χ2v) is 5.70. The highest BCUT2D eigenvalue weighted by Crippen LogP contribution is 2.28. The fourth-order valence-corrected chi connectivity index (χ4v) is 3.20. The summed E-state index contributed by atoms with van der Waals surface area (Å²) in [5, 5.41) is 11.8. The third-order valence-corrected chi connectivity index (χ3v) is 4.35. The molecule has 0 saturated heterocycles. The van der Waals surface area contributed by atoms with Gasteiger partial charge in [-0.2, -0.15) is 10.2 Å². The molecule has 0 aromatic carbocycles. The Kier molecular flexibility index (Phi) is 3.39. The molecular weight excluding hydrogens is 298 g/mol. The van der Waals surface area contributed by atoms with E-state index in [9.17, 15) is 10.1 Å². The van der Waals surface area contributed by atoms with Crippen LogP contribution in [0.4, 0.5) is 5.95 Å². The van der Waals surface area contributed by atoms with Crippen LogP contribution in [-0.4, -0.2) is 14.5 Å². The average molecular weight is 311 g/mol. The highest BCUT2D eigenvalue weighted by molar-refractivity contribution is 7.11. The monoisotopic (exact) mass is 311 g/mol. The summed E-state index contributed by atoms with van der Waals surface area (Å²) in [6.45, 7) is 4.16. The Hall–Kier alpha value is -2.72. The molecule has 0 aliphatic carbocycles. The van der Waals surface area contributed by atoms with Crippen LogP contribution < -0.4 is 11.3 Å². The Bertz CT molecular complexity index is 980. The highest BCUT2D eigenvalue weighted by Gasteiger charge is 2.16. The van der Waals surface area contributed by atoms with Crippen molar-refractivity contribution in [3.63, 3.8) is 0 Å². The first-order valence-corrected chi connectivity index (χ1v) is 7.60. The van der Waals surface area contributed by atoms with Gasteiger partial charge in [-0.15, -0.1) is 11.3 Å². The summed E-state index contributed by atoms with van der Waals surface area (Å²) in [7, 11) is 0. The Morgan fingerprint density at radius 3 is 2.86 bits per heavy atom. The molecule has 3 rings (SSSR count). The average Bonchev–Trinajstić information content (AvgIpc) is 2.95. The summed E-state index contributed by atoms with van der Waals surface area (Å²) in [4.78, 5) is 21.6. The van der Waals surface area contributed by atoms with Crippen molar-refractivity contribution in [1.29, 1.82) is 5.26 Å². The Labute approximate surface area is 130 Å². The van der Waals surface area contributed by atoms with Crippen molar-refractivity contribution >= 4 is 28.3 Å². The van der Waals surface area contributed by atoms with E-state index in [2.05, 4.69) is 16.0 Å². The number of fused-ring (bicyclic) bond motifs is 1. The number of nitrogens with two attached hydrogens (primary N) is 1. The van der Waals surface area contributed by atoms with Gasteiger partial charge in [0.2, 0.25) is 5.95 Å². The van der Waals surface area contributed by atoms with Gasteiger partial charge in [0, 0.05) is 17.5 Å². The number of aryl methyl sites for hydroxylation is 2. The minimum absolute atomic E-state index is 0.146. The van der Waals surface area contributed by atoms with Crippen LogP contribution in [0.15, 0.2) is 22.3 Å². The molecule has 0 aliphatic rings. The molecule has 3 heterocycles. The van der Waals surface area contributed by atoms with Gasteiger partial charge in [0.05, 0.1) is 11.3 Å². The molecule has 0 atom stereocenters. The van der Waals surface area contributed by atoms with Gasteiger partial charge in [-0.25, -0.2) is 4.98 Å². The lowest BCUT2D eigenvalue weighted by atomic mass is 10.1. The molecule has 0 spiro atoms. The second-order valence-electron chi connectivity index (χ2n) is 4.79. The standard InChI is InChI=1S/C15H13N5OS/c1-3-20-13-10(8(2)18-15(17)19-13)6-11(14(20)21)9-4-5-22-12(9)7-16/h4-6H,3H2,1-2H3,(H2,17,18,19). The minimum atomic E-state index is -0.178. The van der Waals surface area contributed by atoms with Crippen LogP contribution in [0.2, 0.25) is 0 Å². The molecule has 6 nitrogen and oxygen atoms in total. The van der Waals surface area contributed by atoms with Crippen LogP contribution in [0.5, 0.6) is 0 Å². The smallest absolute Gasteiger partial charge is 0.260 e. The van der Waals surface area contributed by atoms with E-state index in [1.165, 1.54) is 11.3 Å². The molecular formula is C15H13N5OS. The summed E-state index contributed by atoms with van der Waals surface area (Å²) in [5.41, 5.74) is 7.89. The van der Waals surface area contributed by atoms with Gasteiger partial charge in [-0.05, 0) is 31.4 Å². The normalized spacial score (nSPS) is 10.8. The predicted molar refractivity (Wildman–Crippen MR) is 86.6 cm³/mol. The molecule has 7 heteroatoms. The van der Waals surface area contributed by atoms with Gasteiger partial charge in [-0.1, -0.05) is 0 Å². The van der Waals surface area contributed by atoms with Crippen molar-refractivity contribution in [2.24, 2.45) is 0 Å². The third-order valence-electron chi connectivity index (χ3n) is 3.53. The predicted octanol–water partition coefficient (Wildman–Crippen LogP) is 2.30. The zero-order valence-electron chi connectivity index (χ0n) is 12.1. The van der Waals surface area contributed by atoms with E-state index in [4.69, 9.17) is 5.73 Å². The molecule has 2 N–H and O–H groups in total. The topological polar surface area (TPSA) is 97.6 Å². The first-order chi connectivity index (χ1) is 10.6. The summed E-state index contributed by atoms with van der Waals surface area (Å²) in [5.74, 6) is 0.146. The largest absolute Gasteiger partial charge is 0.368 e. The number of anilines is 1. The number of nitrogen functional groups attached to an aromatic ring is 1. The highest BCUT2D eigenvalue weighted by atomic mass is 32.1. The van der Waals surface area contributed by atoms with E-state index in [1.807, 2.05) is 13.8 Å². The van der Waals surface area contributed by atoms with Gasteiger partial charge >= 0.3 is 0 Å². The maximum absolute atomic E-state index is 12.8. The van der Waals surface area contributed by atoms with E-state index >= 15 is 0 Å². The van der Waals surface area contributed by atoms with Crippen molar-refractivity contribution in [2.45, 2.75) is 20.4 Å². The van der Waals surface area contributed by atoms with Gasteiger partial charge in [0.1, 0.15) is 16.6 Å². The summed E-state index contributed by atoms with van der Waals surface area (Å²) in [6.07, 6.45) is 0. The molecule has 3 aromatic rings. The van der Waals surface area contributed by atoms with Crippen LogP contribution >= 0.6 is 11.3 Å². The van der Waals surface area contributed by atoms with Crippen molar-refractivity contribution in [1.82, 2.24) is 14.5 Å². The second kappa shape index (κ2) is 5.24. The Balaban J connectivity index is 2.46. The number of aromatic nitrogens is 3. The maximum atomic E-state index is 12.8. The van der Waals surface area contributed by atoms with E-state index < -0.39 is 0 Å². The van der Waals surface area contributed by atoms with Gasteiger partial charge in [0.25, 0.3) is 5.56 Å². The molecule has 0 unspecified atom stereocenters. The molecule has 0 aliphatic heterocycles. The summed E-state index contributed by atoms with van der Waals surface area (Å²) >= 11 is 1.32. The number of nitrogens with zero attached hydrogens (tertiary/aromatic N) is 4. The van der Waals surface area contributed by atoms with Gasteiger partial charge in [0.15, 0.2) is 0 Å². The molecule has 22 heavy (non-hydrogen) atoms.